The molecule has 0 saturated heterocycles. The molecule has 98 valence electrons. The van der Waals surface area contributed by atoms with Gasteiger partial charge in [0.05, 0.1) is 0 Å². The summed E-state index contributed by atoms with van der Waals surface area (Å²) in [6.45, 7) is 0. The van der Waals surface area contributed by atoms with E-state index in [1.54, 1.807) is 24.3 Å². The fourth-order valence-corrected chi connectivity index (χ4v) is 3.62. The third-order valence-corrected chi connectivity index (χ3v) is 4.89. The first-order valence-corrected chi connectivity index (χ1v) is 8.27. The second-order valence-electron chi connectivity index (χ2n) is 4.24. The van der Waals surface area contributed by atoms with Gasteiger partial charge in [-0.3, -0.25) is 0 Å². The topological polar surface area (TPSA) is 30.0 Å². The molecule has 0 aliphatic heterocycles. The SMILES string of the molecule is O=C(c1ccc(Cl)cc1)c1nc(-c2ccccc2)c[se]1. The third kappa shape index (κ3) is 2.75. The number of benzene rings is 2. The number of carbonyl (C=O) groups excluding carboxylic acids is 1. The molecule has 0 unspecified atom stereocenters. The molecule has 3 aromatic rings. The fourth-order valence-electron chi connectivity index (χ4n) is 1.84. The molecule has 0 atom stereocenters. The molecule has 0 fully saturated rings. The van der Waals surface area contributed by atoms with Crippen molar-refractivity contribution in [3.63, 3.8) is 0 Å². The Morgan fingerprint density at radius 2 is 1.70 bits per heavy atom. The molecule has 0 bridgehead atoms. The number of ketones is 1. The predicted octanol–water partition coefficient (Wildman–Crippen LogP) is 3.69. The summed E-state index contributed by atoms with van der Waals surface area (Å²) in [6.07, 6.45) is 0. The molecule has 0 N–H and O–H groups in total. The van der Waals surface area contributed by atoms with Crippen LogP contribution < -0.4 is 0 Å². The van der Waals surface area contributed by atoms with Crippen LogP contribution in [0.15, 0.2) is 59.5 Å². The zero-order valence-corrected chi connectivity index (χ0v) is 12.9. The van der Waals surface area contributed by atoms with Crippen LogP contribution in [0.3, 0.4) is 0 Å². The van der Waals surface area contributed by atoms with Crippen molar-refractivity contribution in [3.8, 4) is 11.3 Å². The minimum absolute atomic E-state index is 0.0103. The van der Waals surface area contributed by atoms with E-state index in [4.69, 9.17) is 11.6 Å². The fraction of sp³-hybridized carbons (Fsp3) is 0. The van der Waals surface area contributed by atoms with Crippen molar-refractivity contribution >= 4 is 31.9 Å². The first-order valence-electron chi connectivity index (χ1n) is 6.05. The Morgan fingerprint density at radius 3 is 2.40 bits per heavy atom. The van der Waals surface area contributed by atoms with Crippen molar-refractivity contribution in [1.82, 2.24) is 4.98 Å². The monoisotopic (exact) mass is 347 g/mol. The normalized spacial score (nSPS) is 10.4. The van der Waals surface area contributed by atoms with Gasteiger partial charge in [-0.15, -0.1) is 0 Å². The van der Waals surface area contributed by atoms with Gasteiger partial charge in [0.2, 0.25) is 0 Å². The Balaban J connectivity index is 1.90. The van der Waals surface area contributed by atoms with Crippen molar-refractivity contribution in [2.75, 3.05) is 0 Å². The van der Waals surface area contributed by atoms with E-state index in [1.807, 2.05) is 35.3 Å². The summed E-state index contributed by atoms with van der Waals surface area (Å²) in [5.41, 5.74) is 2.58. The van der Waals surface area contributed by atoms with E-state index in [-0.39, 0.29) is 20.3 Å². The molecule has 1 heterocycles. The van der Waals surface area contributed by atoms with Crippen LogP contribution in [-0.4, -0.2) is 25.3 Å². The number of rotatable bonds is 3. The standard InChI is InChI=1S/C16H10ClNOSe/c17-13-8-6-12(7-9-13)15(19)16-18-14(10-20-16)11-4-2-1-3-5-11/h1-10H. The van der Waals surface area contributed by atoms with Gasteiger partial charge < -0.3 is 0 Å². The van der Waals surface area contributed by atoms with Gasteiger partial charge in [0.15, 0.2) is 0 Å². The third-order valence-electron chi connectivity index (χ3n) is 2.87. The summed E-state index contributed by atoms with van der Waals surface area (Å²) in [4.78, 5) is 18.9. The Kier molecular flexibility index (Phi) is 3.83. The molecule has 2 aromatic carbocycles. The van der Waals surface area contributed by atoms with E-state index in [0.29, 0.717) is 15.2 Å². The van der Waals surface area contributed by atoms with E-state index in [1.165, 1.54) is 0 Å². The van der Waals surface area contributed by atoms with Crippen LogP contribution in [0.2, 0.25) is 5.02 Å². The summed E-state index contributed by atoms with van der Waals surface area (Å²) in [6, 6.07) is 16.8. The van der Waals surface area contributed by atoms with Gasteiger partial charge in [-0.1, -0.05) is 0 Å². The molecule has 0 spiro atoms. The Labute approximate surface area is 127 Å². The molecular formula is C16H10ClNOSe. The van der Waals surface area contributed by atoms with Gasteiger partial charge in [0.1, 0.15) is 0 Å². The molecule has 1 aromatic heterocycles. The maximum atomic E-state index is 12.3. The summed E-state index contributed by atoms with van der Waals surface area (Å²) < 4.78 is 0.638. The summed E-state index contributed by atoms with van der Waals surface area (Å²) in [5.74, 6) is -0.0103. The van der Waals surface area contributed by atoms with Gasteiger partial charge >= 0.3 is 128 Å². The molecule has 20 heavy (non-hydrogen) atoms. The van der Waals surface area contributed by atoms with Crippen LogP contribution in [0.4, 0.5) is 0 Å². The van der Waals surface area contributed by atoms with Gasteiger partial charge in [0, 0.05) is 0 Å². The van der Waals surface area contributed by atoms with E-state index in [9.17, 15) is 4.79 Å². The van der Waals surface area contributed by atoms with E-state index in [2.05, 4.69) is 4.98 Å². The van der Waals surface area contributed by atoms with Crippen molar-refractivity contribution in [1.29, 1.82) is 0 Å². The average Bonchev–Trinajstić information content (AvgIpc) is 2.98. The molecule has 0 saturated carbocycles. The second-order valence-corrected chi connectivity index (χ2v) is 6.48. The first-order chi connectivity index (χ1) is 9.74. The van der Waals surface area contributed by atoms with Gasteiger partial charge in [-0.05, 0) is 0 Å². The molecule has 4 heteroatoms. The number of nitrogens with zero attached hydrogens (tertiary/aromatic N) is 1. The predicted molar refractivity (Wildman–Crippen MR) is 81.5 cm³/mol. The van der Waals surface area contributed by atoms with Crippen LogP contribution in [0.1, 0.15) is 14.9 Å². The Hall–Kier alpha value is -1.67. The van der Waals surface area contributed by atoms with Crippen molar-refractivity contribution in [3.05, 3.63) is 74.7 Å². The molecule has 0 aliphatic carbocycles. The number of aromatic nitrogens is 1. The van der Waals surface area contributed by atoms with Gasteiger partial charge in [-0.25, -0.2) is 0 Å². The molecule has 2 nitrogen and oxygen atoms in total. The van der Waals surface area contributed by atoms with Gasteiger partial charge in [0.25, 0.3) is 0 Å². The van der Waals surface area contributed by atoms with E-state index in [0.717, 1.165) is 11.3 Å². The van der Waals surface area contributed by atoms with Crippen LogP contribution in [-0.2, 0) is 0 Å². The van der Waals surface area contributed by atoms with E-state index < -0.39 is 0 Å². The molecule has 0 aliphatic rings. The van der Waals surface area contributed by atoms with Crippen molar-refractivity contribution in [2.24, 2.45) is 0 Å². The van der Waals surface area contributed by atoms with Crippen molar-refractivity contribution in [2.45, 2.75) is 0 Å². The van der Waals surface area contributed by atoms with Gasteiger partial charge in [-0.2, -0.15) is 0 Å². The molecule has 0 amide bonds. The number of hydrogen-bond acceptors (Lipinski definition) is 2. The quantitative estimate of drug-likeness (QED) is 0.535. The zero-order chi connectivity index (χ0) is 13.9. The van der Waals surface area contributed by atoms with Crippen LogP contribution >= 0.6 is 11.6 Å². The molecular weight excluding hydrogens is 337 g/mol. The zero-order valence-electron chi connectivity index (χ0n) is 10.4. The average molecular weight is 347 g/mol. The molecule has 3 rings (SSSR count). The maximum absolute atomic E-state index is 12.3. The molecule has 0 radical (unpaired) electrons. The Morgan fingerprint density at radius 1 is 1.00 bits per heavy atom. The summed E-state index contributed by atoms with van der Waals surface area (Å²) >= 11 is 5.82. The van der Waals surface area contributed by atoms with Crippen LogP contribution in [0, 0.1) is 0 Å². The van der Waals surface area contributed by atoms with Crippen molar-refractivity contribution < 1.29 is 4.79 Å². The van der Waals surface area contributed by atoms with E-state index >= 15 is 0 Å². The number of hydrogen-bond donors (Lipinski definition) is 0. The number of halogens is 1. The summed E-state index contributed by atoms with van der Waals surface area (Å²) in [5, 5.41) is 0.628. The minimum atomic E-state index is -0.0120. The Bertz CT molecular complexity index is 735. The van der Waals surface area contributed by atoms with Crippen LogP contribution in [0.25, 0.3) is 11.3 Å². The first kappa shape index (κ1) is 13.3. The number of carbonyl (C=O) groups is 1. The second kappa shape index (κ2) is 5.76. The summed E-state index contributed by atoms with van der Waals surface area (Å²) in [7, 11) is 0. The van der Waals surface area contributed by atoms with Crippen LogP contribution in [0.5, 0.6) is 0 Å².